The Morgan fingerprint density at radius 1 is 1.67 bits per heavy atom. The fourth-order valence-corrected chi connectivity index (χ4v) is 2.32. The van der Waals surface area contributed by atoms with E-state index in [0.717, 1.165) is 0 Å². The van der Waals surface area contributed by atoms with Gasteiger partial charge in [0.15, 0.2) is 0 Å². The Balaban J connectivity index is 2.78. The quantitative estimate of drug-likeness (QED) is 0.782. The smallest absolute Gasteiger partial charge is 0.410 e. The number of halogens is 1. The highest BCUT2D eigenvalue weighted by molar-refractivity contribution is 5.74. The van der Waals surface area contributed by atoms with Gasteiger partial charge in [-0.2, -0.15) is 0 Å². The lowest BCUT2D eigenvalue weighted by Crippen LogP contribution is -2.49. The molecule has 1 N–H and O–H groups in total. The minimum atomic E-state index is -1.97. The van der Waals surface area contributed by atoms with Crippen LogP contribution in [-0.4, -0.2) is 46.9 Å². The lowest BCUT2D eigenvalue weighted by Gasteiger charge is -2.35. The van der Waals surface area contributed by atoms with Crippen LogP contribution in [0.5, 0.6) is 0 Å². The van der Waals surface area contributed by atoms with Crippen LogP contribution in [0.4, 0.5) is 9.18 Å². The van der Waals surface area contributed by atoms with Crippen LogP contribution in [0.2, 0.25) is 0 Å². The van der Waals surface area contributed by atoms with Gasteiger partial charge in [-0.1, -0.05) is 12.7 Å². The molecule has 1 fully saturated rings. The van der Waals surface area contributed by atoms with Gasteiger partial charge in [-0.3, -0.25) is 0 Å². The van der Waals surface area contributed by atoms with E-state index in [1.165, 1.54) is 11.0 Å². The van der Waals surface area contributed by atoms with Gasteiger partial charge in [0.2, 0.25) is 6.17 Å². The minimum absolute atomic E-state index is 0.0774. The molecule has 5 nitrogen and oxygen atoms in total. The normalized spacial score (nSPS) is 23.5. The van der Waals surface area contributed by atoms with Gasteiger partial charge in [0, 0.05) is 18.0 Å². The van der Waals surface area contributed by atoms with Gasteiger partial charge in [-0.25, -0.2) is 14.0 Å². The third-order valence-corrected chi connectivity index (χ3v) is 3.40. The second-order valence-corrected chi connectivity index (χ2v) is 4.81. The van der Waals surface area contributed by atoms with Gasteiger partial charge in [-0.05, 0) is 20.3 Å². The summed E-state index contributed by atoms with van der Waals surface area (Å²) in [4.78, 5) is 23.8. The number of carbonyl (C=O) groups is 2. The van der Waals surface area contributed by atoms with E-state index in [-0.39, 0.29) is 6.61 Å². The fraction of sp³-hybridized carbons (Fsp3) is 0.667. The highest BCUT2D eigenvalue weighted by Gasteiger charge is 2.50. The number of carboxylic acid groups (broad SMARTS) is 1. The standard InChI is InChI=1S/C12H18FNO4/c1-4-7-18-11(17)14-6-5-8(12(14,2)3)9(13)10(15)16/h4,8-9H,1,5-7H2,2-3H3,(H,15,16). The van der Waals surface area contributed by atoms with Gasteiger partial charge >= 0.3 is 12.1 Å². The molecule has 0 saturated carbocycles. The summed E-state index contributed by atoms with van der Waals surface area (Å²) in [6, 6.07) is 0. The molecule has 0 aliphatic carbocycles. The lowest BCUT2D eigenvalue weighted by atomic mass is 9.85. The number of likely N-dealkylation sites (tertiary alicyclic amines) is 1. The number of amides is 1. The number of alkyl halides is 1. The molecule has 0 aromatic carbocycles. The molecule has 6 heteroatoms. The maximum Gasteiger partial charge on any atom is 0.410 e. The monoisotopic (exact) mass is 259 g/mol. The van der Waals surface area contributed by atoms with Crippen LogP contribution in [0.25, 0.3) is 0 Å². The first-order valence-electron chi connectivity index (χ1n) is 5.74. The van der Waals surface area contributed by atoms with E-state index < -0.39 is 29.7 Å². The van der Waals surface area contributed by atoms with Crippen molar-refractivity contribution in [1.82, 2.24) is 4.90 Å². The van der Waals surface area contributed by atoms with Crippen LogP contribution in [0.15, 0.2) is 12.7 Å². The van der Waals surface area contributed by atoms with Crippen LogP contribution >= 0.6 is 0 Å². The van der Waals surface area contributed by atoms with Crippen molar-refractivity contribution < 1.29 is 23.8 Å². The number of ether oxygens (including phenoxy) is 1. The lowest BCUT2D eigenvalue weighted by molar-refractivity contribution is -0.146. The number of aliphatic carboxylic acids is 1. The number of rotatable bonds is 4. The summed E-state index contributed by atoms with van der Waals surface area (Å²) in [6.45, 7) is 7.10. The summed E-state index contributed by atoms with van der Waals surface area (Å²) < 4.78 is 18.5. The first-order valence-corrected chi connectivity index (χ1v) is 5.74. The van der Waals surface area contributed by atoms with Crippen molar-refractivity contribution in [3.63, 3.8) is 0 Å². The largest absolute Gasteiger partial charge is 0.479 e. The minimum Gasteiger partial charge on any atom is -0.479 e. The molecule has 1 amide bonds. The topological polar surface area (TPSA) is 66.8 Å². The second kappa shape index (κ2) is 5.37. The zero-order valence-electron chi connectivity index (χ0n) is 10.6. The molecular weight excluding hydrogens is 241 g/mol. The van der Waals surface area contributed by atoms with Crippen molar-refractivity contribution in [3.05, 3.63) is 12.7 Å². The molecule has 2 unspecified atom stereocenters. The Morgan fingerprint density at radius 3 is 2.78 bits per heavy atom. The molecule has 1 aliphatic rings. The molecule has 1 saturated heterocycles. The Hall–Kier alpha value is -1.59. The summed E-state index contributed by atoms with van der Waals surface area (Å²) in [5.74, 6) is -2.22. The van der Waals surface area contributed by atoms with Gasteiger partial charge in [0.25, 0.3) is 0 Å². The highest BCUT2D eigenvalue weighted by Crippen LogP contribution is 2.38. The van der Waals surface area contributed by atoms with Crippen molar-refractivity contribution in [2.45, 2.75) is 32.0 Å². The van der Waals surface area contributed by atoms with Crippen molar-refractivity contribution in [2.24, 2.45) is 5.92 Å². The Labute approximate surface area is 105 Å². The van der Waals surface area contributed by atoms with Crippen molar-refractivity contribution in [2.75, 3.05) is 13.2 Å². The van der Waals surface area contributed by atoms with Gasteiger partial charge in [0.05, 0.1) is 0 Å². The molecule has 2 atom stereocenters. The first-order chi connectivity index (χ1) is 8.32. The van der Waals surface area contributed by atoms with E-state index >= 15 is 0 Å². The SMILES string of the molecule is C=CCOC(=O)N1CCC(C(F)C(=O)O)C1(C)C. The number of carbonyl (C=O) groups excluding carboxylic acids is 1. The predicted octanol–water partition coefficient (Wildman–Crippen LogP) is 1.83. The first kappa shape index (κ1) is 14.5. The number of nitrogens with zero attached hydrogens (tertiary/aromatic N) is 1. The Bertz CT molecular complexity index is 356. The second-order valence-electron chi connectivity index (χ2n) is 4.81. The van der Waals surface area contributed by atoms with E-state index in [4.69, 9.17) is 9.84 Å². The molecule has 0 spiro atoms. The average Bonchev–Trinajstić information content (AvgIpc) is 2.60. The third-order valence-electron chi connectivity index (χ3n) is 3.40. The van der Waals surface area contributed by atoms with E-state index in [0.29, 0.717) is 13.0 Å². The highest BCUT2D eigenvalue weighted by atomic mass is 19.1. The molecule has 0 aromatic heterocycles. The molecule has 0 radical (unpaired) electrons. The maximum absolute atomic E-state index is 13.6. The molecule has 0 aromatic rings. The number of hydrogen-bond donors (Lipinski definition) is 1. The molecule has 1 rings (SSSR count). The van der Waals surface area contributed by atoms with Crippen LogP contribution in [0.3, 0.4) is 0 Å². The molecular formula is C12H18FNO4. The molecule has 1 heterocycles. The average molecular weight is 259 g/mol. The summed E-state index contributed by atoms with van der Waals surface area (Å²) in [5.41, 5.74) is -0.879. The van der Waals surface area contributed by atoms with Crippen LogP contribution < -0.4 is 0 Å². The fourth-order valence-electron chi connectivity index (χ4n) is 2.32. The summed E-state index contributed by atoms with van der Waals surface area (Å²) >= 11 is 0. The van der Waals surface area contributed by atoms with Crippen molar-refractivity contribution >= 4 is 12.1 Å². The van der Waals surface area contributed by atoms with E-state index in [1.807, 2.05) is 0 Å². The van der Waals surface area contributed by atoms with Crippen molar-refractivity contribution in [1.29, 1.82) is 0 Å². The zero-order valence-corrected chi connectivity index (χ0v) is 10.6. The predicted molar refractivity (Wildman–Crippen MR) is 63.0 cm³/mol. The van der Waals surface area contributed by atoms with E-state index in [9.17, 15) is 14.0 Å². The van der Waals surface area contributed by atoms with Crippen molar-refractivity contribution in [3.8, 4) is 0 Å². The Morgan fingerprint density at radius 2 is 2.28 bits per heavy atom. The van der Waals surface area contributed by atoms with Crippen LogP contribution in [0, 0.1) is 5.92 Å². The summed E-state index contributed by atoms with van der Waals surface area (Å²) in [6.07, 6.45) is -0.797. The Kier molecular flexibility index (Phi) is 4.32. The van der Waals surface area contributed by atoms with Gasteiger partial charge < -0.3 is 14.7 Å². The number of carboxylic acids is 1. The zero-order chi connectivity index (χ0) is 13.9. The molecule has 1 aliphatic heterocycles. The van der Waals surface area contributed by atoms with E-state index in [1.54, 1.807) is 13.8 Å². The third kappa shape index (κ3) is 2.63. The molecule has 18 heavy (non-hydrogen) atoms. The molecule has 0 bridgehead atoms. The van der Waals surface area contributed by atoms with E-state index in [2.05, 4.69) is 6.58 Å². The van der Waals surface area contributed by atoms with Crippen LogP contribution in [-0.2, 0) is 9.53 Å². The number of hydrogen-bond acceptors (Lipinski definition) is 3. The van der Waals surface area contributed by atoms with Gasteiger partial charge in [-0.15, -0.1) is 0 Å². The van der Waals surface area contributed by atoms with Crippen LogP contribution in [0.1, 0.15) is 20.3 Å². The molecule has 102 valence electrons. The summed E-state index contributed by atoms with van der Waals surface area (Å²) in [7, 11) is 0. The summed E-state index contributed by atoms with van der Waals surface area (Å²) in [5, 5.41) is 8.72. The van der Waals surface area contributed by atoms with Gasteiger partial charge in [0.1, 0.15) is 6.61 Å². The maximum atomic E-state index is 13.6.